The molecular weight excluding hydrogens is 246 g/mol. The van der Waals surface area contributed by atoms with Crippen molar-refractivity contribution in [2.75, 3.05) is 18.9 Å². The summed E-state index contributed by atoms with van der Waals surface area (Å²) in [5.41, 5.74) is 7.11. The molecule has 0 spiro atoms. The summed E-state index contributed by atoms with van der Waals surface area (Å²) >= 11 is 0. The normalized spacial score (nSPS) is 19.9. The highest BCUT2D eigenvalue weighted by Crippen LogP contribution is 2.15. The quantitative estimate of drug-likeness (QED) is 0.883. The van der Waals surface area contributed by atoms with E-state index in [9.17, 15) is 0 Å². The van der Waals surface area contributed by atoms with Crippen LogP contribution in [0.25, 0.3) is 11.2 Å². The van der Waals surface area contributed by atoms with Crippen LogP contribution in [-0.4, -0.2) is 39.0 Å². The van der Waals surface area contributed by atoms with Gasteiger partial charge in [-0.05, 0) is 19.3 Å². The summed E-state index contributed by atoms with van der Waals surface area (Å²) in [4.78, 5) is 12.3. The molecule has 102 valence electrons. The minimum absolute atomic E-state index is 0.0665. The van der Waals surface area contributed by atoms with Crippen molar-refractivity contribution in [3.05, 3.63) is 12.7 Å². The molecule has 1 saturated heterocycles. The first kappa shape index (κ1) is 12.3. The molecule has 0 amide bonds. The van der Waals surface area contributed by atoms with E-state index < -0.39 is 0 Å². The van der Waals surface area contributed by atoms with E-state index in [1.807, 2.05) is 4.57 Å². The summed E-state index contributed by atoms with van der Waals surface area (Å²) in [6, 6.07) is 0. The summed E-state index contributed by atoms with van der Waals surface area (Å²) in [7, 11) is 0. The van der Waals surface area contributed by atoms with E-state index in [0.717, 1.165) is 25.1 Å². The Bertz CT molecular complexity index is 550. The van der Waals surface area contributed by atoms with Gasteiger partial charge in [0.15, 0.2) is 17.8 Å². The fourth-order valence-corrected chi connectivity index (χ4v) is 2.19. The molecule has 3 rings (SSSR count). The zero-order chi connectivity index (χ0) is 13.1. The fraction of sp³-hybridized carbons (Fsp3) is 0.583. The van der Waals surface area contributed by atoms with Gasteiger partial charge in [-0.3, -0.25) is 0 Å². The van der Waals surface area contributed by atoms with E-state index in [2.05, 4.69) is 15.0 Å². The maximum absolute atomic E-state index is 5.74. The number of hydrogen-bond donors (Lipinski definition) is 1. The van der Waals surface area contributed by atoms with Crippen LogP contribution in [0.1, 0.15) is 19.3 Å². The van der Waals surface area contributed by atoms with Crippen molar-refractivity contribution in [3.63, 3.8) is 0 Å². The summed E-state index contributed by atoms with van der Waals surface area (Å²) in [5, 5.41) is 0. The van der Waals surface area contributed by atoms with Crippen molar-refractivity contribution in [1.29, 1.82) is 0 Å². The van der Waals surface area contributed by atoms with Crippen LogP contribution in [-0.2, 0) is 16.0 Å². The number of aromatic nitrogens is 4. The molecule has 1 atom stereocenters. The van der Waals surface area contributed by atoms with Gasteiger partial charge in [0, 0.05) is 13.2 Å². The zero-order valence-electron chi connectivity index (χ0n) is 10.7. The summed E-state index contributed by atoms with van der Waals surface area (Å²) < 4.78 is 13.1. The first-order valence-corrected chi connectivity index (χ1v) is 6.49. The molecule has 0 saturated carbocycles. The number of rotatable bonds is 4. The van der Waals surface area contributed by atoms with Gasteiger partial charge in [0.2, 0.25) is 0 Å². The average molecular weight is 263 g/mol. The number of fused-ring (bicyclic) bond motifs is 1. The predicted octanol–water partition coefficient (Wildman–Crippen LogP) is 0.952. The van der Waals surface area contributed by atoms with E-state index in [1.54, 1.807) is 6.33 Å². The maximum Gasteiger partial charge on any atom is 0.165 e. The Morgan fingerprint density at radius 2 is 2.32 bits per heavy atom. The number of ether oxygens (including phenoxy) is 2. The SMILES string of the molecule is Nc1ncnc2c1ncn2CCOC1CCCCO1. The molecule has 2 N–H and O–H groups in total. The van der Waals surface area contributed by atoms with Gasteiger partial charge in [-0.15, -0.1) is 0 Å². The molecule has 3 heterocycles. The second kappa shape index (κ2) is 5.50. The van der Waals surface area contributed by atoms with Crippen LogP contribution in [0.5, 0.6) is 0 Å². The van der Waals surface area contributed by atoms with E-state index in [-0.39, 0.29) is 6.29 Å². The number of nitrogen functional groups attached to an aromatic ring is 1. The molecule has 0 aromatic carbocycles. The Balaban J connectivity index is 1.60. The lowest BCUT2D eigenvalue weighted by Gasteiger charge is -2.22. The molecule has 1 aliphatic rings. The highest BCUT2D eigenvalue weighted by atomic mass is 16.7. The monoisotopic (exact) mass is 263 g/mol. The Kier molecular flexibility index (Phi) is 3.56. The van der Waals surface area contributed by atoms with Gasteiger partial charge >= 0.3 is 0 Å². The fourth-order valence-electron chi connectivity index (χ4n) is 2.19. The molecular formula is C12H17N5O2. The molecule has 19 heavy (non-hydrogen) atoms. The number of hydrogen-bond acceptors (Lipinski definition) is 6. The molecule has 1 unspecified atom stereocenters. The van der Waals surface area contributed by atoms with E-state index in [0.29, 0.717) is 24.5 Å². The molecule has 2 aromatic heterocycles. The predicted molar refractivity (Wildman–Crippen MR) is 69.3 cm³/mol. The lowest BCUT2D eigenvalue weighted by Crippen LogP contribution is -2.23. The highest BCUT2D eigenvalue weighted by molar-refractivity contribution is 5.80. The third kappa shape index (κ3) is 2.66. The van der Waals surface area contributed by atoms with Crippen molar-refractivity contribution in [1.82, 2.24) is 19.5 Å². The minimum atomic E-state index is -0.0665. The van der Waals surface area contributed by atoms with Crippen LogP contribution >= 0.6 is 0 Å². The van der Waals surface area contributed by atoms with Gasteiger partial charge < -0.3 is 19.8 Å². The van der Waals surface area contributed by atoms with Crippen molar-refractivity contribution >= 4 is 17.0 Å². The van der Waals surface area contributed by atoms with Gasteiger partial charge in [-0.2, -0.15) is 0 Å². The van der Waals surface area contributed by atoms with Gasteiger partial charge in [0.25, 0.3) is 0 Å². The lowest BCUT2D eigenvalue weighted by atomic mass is 10.2. The average Bonchev–Trinajstić information content (AvgIpc) is 2.85. The van der Waals surface area contributed by atoms with Crippen molar-refractivity contribution in [3.8, 4) is 0 Å². The van der Waals surface area contributed by atoms with Gasteiger partial charge in [-0.25, -0.2) is 15.0 Å². The third-order valence-corrected chi connectivity index (χ3v) is 3.20. The minimum Gasteiger partial charge on any atom is -0.382 e. The van der Waals surface area contributed by atoms with E-state index in [4.69, 9.17) is 15.2 Å². The van der Waals surface area contributed by atoms with Gasteiger partial charge in [0.1, 0.15) is 11.8 Å². The Morgan fingerprint density at radius 3 is 3.16 bits per heavy atom. The number of imidazole rings is 1. The van der Waals surface area contributed by atoms with Gasteiger partial charge in [-0.1, -0.05) is 0 Å². The summed E-state index contributed by atoms with van der Waals surface area (Å²) in [6.45, 7) is 2.04. The largest absolute Gasteiger partial charge is 0.382 e. The van der Waals surface area contributed by atoms with Gasteiger partial charge in [0.05, 0.1) is 12.9 Å². The smallest absolute Gasteiger partial charge is 0.165 e. The second-order valence-electron chi connectivity index (χ2n) is 4.54. The Morgan fingerprint density at radius 1 is 1.37 bits per heavy atom. The van der Waals surface area contributed by atoms with Crippen molar-refractivity contribution in [2.45, 2.75) is 32.1 Å². The molecule has 0 radical (unpaired) electrons. The summed E-state index contributed by atoms with van der Waals surface area (Å²) in [6.07, 6.45) is 6.36. The Labute approximate surface area is 110 Å². The van der Waals surface area contributed by atoms with Crippen LogP contribution in [0.2, 0.25) is 0 Å². The van der Waals surface area contributed by atoms with Crippen LogP contribution in [0, 0.1) is 0 Å². The second-order valence-corrected chi connectivity index (χ2v) is 4.54. The van der Waals surface area contributed by atoms with Crippen LogP contribution in [0.3, 0.4) is 0 Å². The van der Waals surface area contributed by atoms with E-state index in [1.165, 1.54) is 12.7 Å². The van der Waals surface area contributed by atoms with Crippen LogP contribution in [0.15, 0.2) is 12.7 Å². The number of nitrogens with two attached hydrogens (primary N) is 1. The lowest BCUT2D eigenvalue weighted by molar-refractivity contribution is -0.163. The molecule has 7 nitrogen and oxygen atoms in total. The van der Waals surface area contributed by atoms with Crippen LogP contribution < -0.4 is 5.73 Å². The topological polar surface area (TPSA) is 88.1 Å². The molecule has 0 aliphatic carbocycles. The third-order valence-electron chi connectivity index (χ3n) is 3.20. The zero-order valence-corrected chi connectivity index (χ0v) is 10.7. The molecule has 7 heteroatoms. The molecule has 2 aromatic rings. The van der Waals surface area contributed by atoms with Crippen molar-refractivity contribution in [2.24, 2.45) is 0 Å². The first-order valence-electron chi connectivity index (χ1n) is 6.49. The number of nitrogens with zero attached hydrogens (tertiary/aromatic N) is 4. The standard InChI is InChI=1S/C12H17N5O2/c13-11-10-12(15-7-14-11)17(8-16-10)4-6-19-9-3-1-2-5-18-9/h7-9H,1-6H2,(H2,13,14,15). The Hall–Kier alpha value is -1.73. The highest BCUT2D eigenvalue weighted by Gasteiger charge is 2.14. The van der Waals surface area contributed by atoms with Crippen LogP contribution in [0.4, 0.5) is 5.82 Å². The van der Waals surface area contributed by atoms with Crippen molar-refractivity contribution < 1.29 is 9.47 Å². The molecule has 1 fully saturated rings. The first-order chi connectivity index (χ1) is 9.34. The number of anilines is 1. The molecule has 0 bridgehead atoms. The summed E-state index contributed by atoms with van der Waals surface area (Å²) in [5.74, 6) is 0.403. The maximum atomic E-state index is 5.74. The van der Waals surface area contributed by atoms with E-state index >= 15 is 0 Å². The molecule has 1 aliphatic heterocycles.